The van der Waals surface area contributed by atoms with E-state index in [0.717, 1.165) is 31.0 Å². The number of nitrogens with two attached hydrogens (primary N) is 1. The Kier molecular flexibility index (Phi) is 4.22. The predicted molar refractivity (Wildman–Crippen MR) is 75.0 cm³/mol. The molecule has 1 aromatic carbocycles. The minimum absolute atomic E-state index is 0.145. The van der Waals surface area contributed by atoms with E-state index in [2.05, 4.69) is 5.32 Å². The van der Waals surface area contributed by atoms with Gasteiger partial charge in [0.25, 0.3) is 0 Å². The molecule has 2 rings (SSSR count). The van der Waals surface area contributed by atoms with Gasteiger partial charge in [-0.1, -0.05) is 18.0 Å². The van der Waals surface area contributed by atoms with Gasteiger partial charge in [0.05, 0.1) is 21.7 Å². The molecule has 21 heavy (non-hydrogen) atoms. The van der Waals surface area contributed by atoms with Gasteiger partial charge in [-0.2, -0.15) is 13.2 Å². The molecule has 0 aromatic heterocycles. The molecule has 1 amide bonds. The van der Waals surface area contributed by atoms with E-state index >= 15 is 0 Å². The quantitative estimate of drug-likeness (QED) is 0.870. The average molecular weight is 321 g/mol. The summed E-state index contributed by atoms with van der Waals surface area (Å²) < 4.78 is 37.7. The molecule has 0 spiro atoms. The third-order valence-electron chi connectivity index (χ3n) is 4.09. The highest BCUT2D eigenvalue weighted by molar-refractivity contribution is 6.33. The van der Waals surface area contributed by atoms with Crippen molar-refractivity contribution in [1.29, 1.82) is 0 Å². The molecule has 0 bridgehead atoms. The Morgan fingerprint density at radius 2 is 2.14 bits per heavy atom. The summed E-state index contributed by atoms with van der Waals surface area (Å²) in [6, 6.07) is 2.59. The predicted octanol–water partition coefficient (Wildman–Crippen LogP) is 3.81. The maximum atomic E-state index is 12.6. The van der Waals surface area contributed by atoms with Crippen molar-refractivity contribution in [3.8, 4) is 0 Å². The van der Waals surface area contributed by atoms with Crippen LogP contribution in [0.4, 0.5) is 18.9 Å². The van der Waals surface area contributed by atoms with Gasteiger partial charge in [-0.05, 0) is 38.0 Å². The second kappa shape index (κ2) is 5.50. The van der Waals surface area contributed by atoms with Crippen molar-refractivity contribution in [2.45, 2.75) is 38.4 Å². The highest BCUT2D eigenvalue weighted by Crippen LogP contribution is 2.39. The fourth-order valence-electron chi connectivity index (χ4n) is 2.53. The summed E-state index contributed by atoms with van der Waals surface area (Å²) in [5.74, 6) is -0.311. The lowest BCUT2D eigenvalue weighted by atomic mass is 9.84. The van der Waals surface area contributed by atoms with E-state index in [1.165, 1.54) is 0 Å². The van der Waals surface area contributed by atoms with E-state index in [1.807, 2.05) is 0 Å². The van der Waals surface area contributed by atoms with Crippen LogP contribution in [0, 0.1) is 5.41 Å². The molecule has 7 heteroatoms. The number of benzene rings is 1. The standard InChI is InChI=1S/C14H16ClF3N2O/c1-13(6-2-3-11(13)19)12(21)20-10-5-4-8(7-9(10)15)14(16,17)18/h4-5,7,11H,2-3,6,19H2,1H3,(H,20,21). The van der Waals surface area contributed by atoms with Gasteiger partial charge in [0.15, 0.2) is 0 Å². The summed E-state index contributed by atoms with van der Waals surface area (Å²) in [4.78, 5) is 12.3. The topological polar surface area (TPSA) is 55.1 Å². The van der Waals surface area contributed by atoms with Gasteiger partial charge in [-0.15, -0.1) is 0 Å². The first kappa shape index (κ1) is 16.1. The largest absolute Gasteiger partial charge is 0.416 e. The van der Waals surface area contributed by atoms with Crippen LogP contribution in [-0.4, -0.2) is 11.9 Å². The van der Waals surface area contributed by atoms with Gasteiger partial charge in [0, 0.05) is 6.04 Å². The maximum absolute atomic E-state index is 12.6. The minimum atomic E-state index is -4.47. The summed E-state index contributed by atoms with van der Waals surface area (Å²) in [5.41, 5.74) is 4.54. The minimum Gasteiger partial charge on any atom is -0.327 e. The van der Waals surface area contributed by atoms with Crippen molar-refractivity contribution < 1.29 is 18.0 Å². The molecule has 0 heterocycles. The van der Waals surface area contributed by atoms with E-state index in [0.29, 0.717) is 6.42 Å². The van der Waals surface area contributed by atoms with E-state index in [1.54, 1.807) is 6.92 Å². The monoisotopic (exact) mass is 320 g/mol. The second-order valence-corrected chi connectivity index (χ2v) is 5.97. The fraction of sp³-hybridized carbons (Fsp3) is 0.500. The van der Waals surface area contributed by atoms with Crippen molar-refractivity contribution in [2.24, 2.45) is 11.1 Å². The van der Waals surface area contributed by atoms with Gasteiger partial charge in [0.2, 0.25) is 5.91 Å². The van der Waals surface area contributed by atoms with Gasteiger partial charge < -0.3 is 11.1 Å². The normalized spacial score (nSPS) is 25.9. The molecule has 1 aliphatic carbocycles. The van der Waals surface area contributed by atoms with Crippen LogP contribution in [0.1, 0.15) is 31.7 Å². The first-order valence-electron chi connectivity index (χ1n) is 6.58. The molecule has 0 saturated heterocycles. The molecule has 2 unspecified atom stereocenters. The van der Waals surface area contributed by atoms with E-state index in [4.69, 9.17) is 17.3 Å². The Labute approximate surface area is 125 Å². The van der Waals surface area contributed by atoms with Crippen molar-refractivity contribution in [2.75, 3.05) is 5.32 Å². The molecular weight excluding hydrogens is 305 g/mol. The molecule has 0 aliphatic heterocycles. The van der Waals surface area contributed by atoms with Crippen LogP contribution in [0.15, 0.2) is 18.2 Å². The zero-order valence-corrected chi connectivity index (χ0v) is 12.2. The molecule has 1 aromatic rings. The Morgan fingerprint density at radius 3 is 2.62 bits per heavy atom. The molecule has 1 aliphatic rings. The van der Waals surface area contributed by atoms with Crippen LogP contribution < -0.4 is 11.1 Å². The summed E-state index contributed by atoms with van der Waals surface area (Å²) in [6.07, 6.45) is -2.21. The Bertz CT molecular complexity index is 562. The Hall–Kier alpha value is -1.27. The number of anilines is 1. The number of hydrogen-bond acceptors (Lipinski definition) is 2. The molecule has 3 N–H and O–H groups in total. The summed E-state index contributed by atoms with van der Waals surface area (Å²) in [6.45, 7) is 1.76. The van der Waals surface area contributed by atoms with Gasteiger partial charge in [-0.3, -0.25) is 4.79 Å². The van der Waals surface area contributed by atoms with Crippen LogP contribution >= 0.6 is 11.6 Å². The molecule has 1 fully saturated rings. The number of rotatable bonds is 2. The van der Waals surface area contributed by atoms with Crippen molar-refractivity contribution in [3.63, 3.8) is 0 Å². The van der Waals surface area contributed by atoms with Crippen molar-refractivity contribution in [1.82, 2.24) is 0 Å². The SMILES string of the molecule is CC1(C(=O)Nc2ccc(C(F)(F)F)cc2Cl)CCCC1N. The highest BCUT2D eigenvalue weighted by Gasteiger charge is 2.43. The number of halogens is 4. The van der Waals surface area contributed by atoms with Crippen LogP contribution in [0.25, 0.3) is 0 Å². The zero-order chi connectivity index (χ0) is 15.8. The van der Waals surface area contributed by atoms with E-state index in [-0.39, 0.29) is 22.7 Å². The van der Waals surface area contributed by atoms with Crippen LogP contribution in [0.5, 0.6) is 0 Å². The summed E-state index contributed by atoms with van der Waals surface area (Å²) in [7, 11) is 0. The molecular formula is C14H16ClF3N2O. The van der Waals surface area contributed by atoms with Crippen LogP contribution in [-0.2, 0) is 11.0 Å². The Balaban J connectivity index is 2.19. The molecule has 116 valence electrons. The lowest BCUT2D eigenvalue weighted by molar-refractivity contribution is -0.137. The first-order valence-corrected chi connectivity index (χ1v) is 6.96. The lowest BCUT2D eigenvalue weighted by Crippen LogP contribution is -2.44. The third-order valence-corrected chi connectivity index (χ3v) is 4.41. The number of carbonyl (C=O) groups is 1. The zero-order valence-electron chi connectivity index (χ0n) is 11.4. The number of nitrogens with one attached hydrogen (secondary N) is 1. The number of amides is 1. The lowest BCUT2D eigenvalue weighted by Gasteiger charge is -2.27. The molecule has 1 saturated carbocycles. The number of alkyl halides is 3. The number of carbonyl (C=O) groups excluding carboxylic acids is 1. The highest BCUT2D eigenvalue weighted by atomic mass is 35.5. The molecule has 3 nitrogen and oxygen atoms in total. The summed E-state index contributed by atoms with van der Waals surface area (Å²) >= 11 is 5.82. The number of hydrogen-bond donors (Lipinski definition) is 2. The Morgan fingerprint density at radius 1 is 1.48 bits per heavy atom. The van der Waals surface area contributed by atoms with Crippen molar-refractivity contribution in [3.05, 3.63) is 28.8 Å². The second-order valence-electron chi connectivity index (χ2n) is 5.56. The van der Waals surface area contributed by atoms with Crippen LogP contribution in [0.2, 0.25) is 5.02 Å². The third kappa shape index (κ3) is 3.16. The van der Waals surface area contributed by atoms with Gasteiger partial charge in [-0.25, -0.2) is 0 Å². The van der Waals surface area contributed by atoms with Crippen LogP contribution in [0.3, 0.4) is 0 Å². The maximum Gasteiger partial charge on any atom is 0.416 e. The summed E-state index contributed by atoms with van der Waals surface area (Å²) in [5, 5.41) is 2.44. The molecule has 2 atom stereocenters. The average Bonchev–Trinajstić information content (AvgIpc) is 2.72. The smallest absolute Gasteiger partial charge is 0.327 e. The van der Waals surface area contributed by atoms with Gasteiger partial charge in [0.1, 0.15) is 0 Å². The van der Waals surface area contributed by atoms with Crippen molar-refractivity contribution >= 4 is 23.2 Å². The first-order chi connectivity index (χ1) is 9.64. The van der Waals surface area contributed by atoms with E-state index in [9.17, 15) is 18.0 Å². The molecule has 0 radical (unpaired) electrons. The fourth-order valence-corrected chi connectivity index (χ4v) is 2.76. The van der Waals surface area contributed by atoms with E-state index < -0.39 is 17.2 Å². The van der Waals surface area contributed by atoms with Gasteiger partial charge >= 0.3 is 6.18 Å².